The third-order valence-corrected chi connectivity index (χ3v) is 4.31. The van der Waals surface area contributed by atoms with Gasteiger partial charge in [-0.05, 0) is 31.0 Å². The van der Waals surface area contributed by atoms with E-state index in [2.05, 4.69) is 38.2 Å². The summed E-state index contributed by atoms with van der Waals surface area (Å²) in [5.41, 5.74) is 1.22. The monoisotopic (exact) mass is 341 g/mol. The predicted octanol–water partition coefficient (Wildman–Crippen LogP) is 1.15. The van der Waals surface area contributed by atoms with E-state index in [1.807, 2.05) is 42.5 Å². The van der Waals surface area contributed by atoms with Crippen LogP contribution in [0.4, 0.5) is 5.82 Å². The van der Waals surface area contributed by atoms with Gasteiger partial charge in [-0.3, -0.25) is 9.67 Å². The van der Waals surface area contributed by atoms with E-state index in [1.54, 1.807) is 0 Å². The van der Waals surface area contributed by atoms with Gasteiger partial charge in [0, 0.05) is 58.7 Å². The van der Waals surface area contributed by atoms with E-state index < -0.39 is 0 Å². The first-order valence-electron chi connectivity index (χ1n) is 8.93. The Morgan fingerprint density at radius 2 is 2.08 bits per heavy atom. The average Bonchev–Trinajstić information content (AvgIpc) is 3.07. The second-order valence-corrected chi connectivity index (χ2v) is 6.17. The molecule has 0 atom stereocenters. The summed E-state index contributed by atoms with van der Waals surface area (Å²) in [5, 5.41) is 7.63. The Morgan fingerprint density at radius 1 is 1.24 bits per heavy atom. The first-order chi connectivity index (χ1) is 12.3. The summed E-state index contributed by atoms with van der Waals surface area (Å²) in [4.78, 5) is 13.9. The number of piperazine rings is 1. The average molecular weight is 341 g/mol. The number of nitrogens with zero attached hydrogens (tertiary/aromatic N) is 6. The Kier molecular flexibility index (Phi) is 5.87. The molecule has 0 radical (unpaired) electrons. The third kappa shape index (κ3) is 4.71. The summed E-state index contributed by atoms with van der Waals surface area (Å²) in [6, 6.07) is 6.07. The largest absolute Gasteiger partial charge is 0.357 e. The molecule has 1 N–H and O–H groups in total. The summed E-state index contributed by atoms with van der Waals surface area (Å²) in [6.45, 7) is 7.60. The van der Waals surface area contributed by atoms with Crippen LogP contribution >= 0.6 is 0 Å². The molecule has 2 aromatic rings. The number of nitrogens with one attached hydrogen (secondary N) is 1. The lowest BCUT2D eigenvalue weighted by atomic mass is 10.2. The maximum absolute atomic E-state index is 4.80. The van der Waals surface area contributed by atoms with Crippen LogP contribution in [-0.2, 0) is 13.5 Å². The molecule has 1 aliphatic heterocycles. The van der Waals surface area contributed by atoms with Crippen molar-refractivity contribution in [1.29, 1.82) is 0 Å². The molecule has 2 aromatic heterocycles. The number of aliphatic imine (C=N–C) groups is 1. The van der Waals surface area contributed by atoms with E-state index in [4.69, 9.17) is 4.99 Å². The van der Waals surface area contributed by atoms with Crippen molar-refractivity contribution in [1.82, 2.24) is 25.0 Å². The van der Waals surface area contributed by atoms with E-state index in [9.17, 15) is 0 Å². The Morgan fingerprint density at radius 3 is 2.72 bits per heavy atom. The molecule has 7 nitrogen and oxygen atoms in total. The fraction of sp³-hybridized carbons (Fsp3) is 0.500. The van der Waals surface area contributed by atoms with Gasteiger partial charge >= 0.3 is 0 Å². The minimum absolute atomic E-state index is 0.772. The Bertz CT molecular complexity index is 672. The molecule has 1 aliphatic rings. The van der Waals surface area contributed by atoms with Gasteiger partial charge in [-0.25, -0.2) is 4.98 Å². The van der Waals surface area contributed by atoms with Gasteiger partial charge in [-0.15, -0.1) is 0 Å². The molecule has 25 heavy (non-hydrogen) atoms. The van der Waals surface area contributed by atoms with Crippen LogP contribution in [0.5, 0.6) is 0 Å². The SMILES string of the molecule is CCNC(=NCCc1cnn(C)c1)N1CCN(c2ccccn2)CC1. The molecule has 3 heterocycles. The van der Waals surface area contributed by atoms with Crippen molar-refractivity contribution >= 4 is 11.8 Å². The van der Waals surface area contributed by atoms with Crippen LogP contribution in [0.1, 0.15) is 12.5 Å². The highest BCUT2D eigenvalue weighted by Crippen LogP contribution is 2.12. The molecular formula is C18H27N7. The molecule has 0 saturated carbocycles. The van der Waals surface area contributed by atoms with E-state index in [0.29, 0.717) is 0 Å². The van der Waals surface area contributed by atoms with Crippen molar-refractivity contribution in [2.45, 2.75) is 13.3 Å². The summed E-state index contributed by atoms with van der Waals surface area (Å²) in [5.74, 6) is 2.06. The molecule has 134 valence electrons. The third-order valence-electron chi connectivity index (χ3n) is 4.31. The lowest BCUT2D eigenvalue weighted by molar-refractivity contribution is 0.371. The zero-order chi connectivity index (χ0) is 17.5. The Balaban J connectivity index is 1.55. The molecule has 0 unspecified atom stereocenters. The molecule has 0 aliphatic carbocycles. The summed E-state index contributed by atoms with van der Waals surface area (Å²) in [7, 11) is 1.94. The van der Waals surface area contributed by atoms with E-state index in [0.717, 1.165) is 57.5 Å². The van der Waals surface area contributed by atoms with Crippen molar-refractivity contribution < 1.29 is 0 Å². The van der Waals surface area contributed by atoms with Crippen molar-refractivity contribution in [3.05, 3.63) is 42.4 Å². The van der Waals surface area contributed by atoms with Gasteiger partial charge in [0.15, 0.2) is 5.96 Å². The highest BCUT2D eigenvalue weighted by Gasteiger charge is 2.20. The highest BCUT2D eigenvalue weighted by molar-refractivity contribution is 5.80. The fourth-order valence-electron chi connectivity index (χ4n) is 3.01. The van der Waals surface area contributed by atoms with Crippen molar-refractivity contribution in [3.8, 4) is 0 Å². The lowest BCUT2D eigenvalue weighted by Crippen LogP contribution is -2.52. The number of guanidine groups is 1. The number of pyridine rings is 1. The van der Waals surface area contributed by atoms with Gasteiger partial charge in [0.05, 0.1) is 6.20 Å². The zero-order valence-corrected chi connectivity index (χ0v) is 15.1. The molecule has 0 bridgehead atoms. The second-order valence-electron chi connectivity index (χ2n) is 6.17. The topological polar surface area (TPSA) is 61.6 Å². The van der Waals surface area contributed by atoms with Gasteiger partial charge in [-0.1, -0.05) is 6.07 Å². The number of aromatic nitrogens is 3. The summed E-state index contributed by atoms with van der Waals surface area (Å²) >= 11 is 0. The lowest BCUT2D eigenvalue weighted by Gasteiger charge is -2.37. The zero-order valence-electron chi connectivity index (χ0n) is 15.1. The van der Waals surface area contributed by atoms with Gasteiger partial charge < -0.3 is 15.1 Å². The van der Waals surface area contributed by atoms with Crippen LogP contribution in [0.15, 0.2) is 41.8 Å². The van der Waals surface area contributed by atoms with E-state index >= 15 is 0 Å². The minimum Gasteiger partial charge on any atom is -0.357 e. The van der Waals surface area contributed by atoms with E-state index in [-0.39, 0.29) is 0 Å². The maximum Gasteiger partial charge on any atom is 0.194 e. The first-order valence-corrected chi connectivity index (χ1v) is 8.93. The molecule has 1 fully saturated rings. The number of hydrogen-bond donors (Lipinski definition) is 1. The summed E-state index contributed by atoms with van der Waals surface area (Å²) < 4.78 is 1.83. The normalized spacial score (nSPS) is 15.5. The quantitative estimate of drug-likeness (QED) is 0.653. The maximum atomic E-state index is 4.80. The molecule has 0 amide bonds. The minimum atomic E-state index is 0.772. The fourth-order valence-corrected chi connectivity index (χ4v) is 3.01. The number of aryl methyl sites for hydroxylation is 1. The molecule has 7 heteroatoms. The Hall–Kier alpha value is -2.57. The van der Waals surface area contributed by atoms with Crippen LogP contribution in [-0.4, -0.2) is 64.9 Å². The van der Waals surface area contributed by atoms with Gasteiger partial charge in [0.2, 0.25) is 0 Å². The molecule has 3 rings (SSSR count). The van der Waals surface area contributed by atoms with Crippen LogP contribution in [0, 0.1) is 0 Å². The number of rotatable bonds is 5. The molecule has 0 spiro atoms. The van der Waals surface area contributed by atoms with Crippen molar-refractivity contribution in [3.63, 3.8) is 0 Å². The van der Waals surface area contributed by atoms with Crippen molar-refractivity contribution in [2.24, 2.45) is 12.0 Å². The number of hydrogen-bond acceptors (Lipinski definition) is 4. The standard InChI is InChI=1S/C18H27N7/c1-3-19-18(21-9-7-16-14-22-23(2)15-16)25-12-10-24(11-13-25)17-6-4-5-8-20-17/h4-6,8,14-15H,3,7,9-13H2,1-2H3,(H,19,21). The van der Waals surface area contributed by atoms with Gasteiger partial charge in [0.25, 0.3) is 0 Å². The van der Waals surface area contributed by atoms with Crippen LogP contribution in [0.2, 0.25) is 0 Å². The van der Waals surface area contributed by atoms with Crippen molar-refractivity contribution in [2.75, 3.05) is 44.2 Å². The predicted molar refractivity (Wildman–Crippen MR) is 101 cm³/mol. The molecular weight excluding hydrogens is 314 g/mol. The Labute approximate surface area is 149 Å². The van der Waals surface area contributed by atoms with E-state index in [1.165, 1.54) is 5.56 Å². The highest BCUT2D eigenvalue weighted by atomic mass is 15.4. The smallest absolute Gasteiger partial charge is 0.194 e. The van der Waals surface area contributed by atoms with Crippen LogP contribution in [0.3, 0.4) is 0 Å². The molecule has 0 aromatic carbocycles. The second kappa shape index (κ2) is 8.50. The number of anilines is 1. The summed E-state index contributed by atoms with van der Waals surface area (Å²) in [6.07, 6.45) is 6.73. The first kappa shape index (κ1) is 17.3. The van der Waals surface area contributed by atoms with Gasteiger partial charge in [-0.2, -0.15) is 5.10 Å². The van der Waals surface area contributed by atoms with Crippen LogP contribution in [0.25, 0.3) is 0 Å². The molecule has 1 saturated heterocycles. The van der Waals surface area contributed by atoms with Crippen LogP contribution < -0.4 is 10.2 Å². The van der Waals surface area contributed by atoms with Gasteiger partial charge in [0.1, 0.15) is 5.82 Å².